The highest BCUT2D eigenvalue weighted by Crippen LogP contribution is 2.21. The van der Waals surface area contributed by atoms with Crippen molar-refractivity contribution in [1.29, 1.82) is 0 Å². The Balaban J connectivity index is 1.84. The summed E-state index contributed by atoms with van der Waals surface area (Å²) in [5.74, 6) is 0. The van der Waals surface area contributed by atoms with Gasteiger partial charge in [0, 0.05) is 0 Å². The first kappa shape index (κ1) is 9.33. The Labute approximate surface area is 95.3 Å². The Kier molecular flexibility index (Phi) is 2.44. The van der Waals surface area contributed by atoms with Crippen LogP contribution in [0.2, 0.25) is 0 Å². The molecule has 0 spiro atoms. The van der Waals surface area contributed by atoms with Crippen LogP contribution in [0.5, 0.6) is 0 Å². The summed E-state index contributed by atoms with van der Waals surface area (Å²) >= 11 is 0. The molecular formula is C12H14Si3. The Morgan fingerprint density at radius 3 is 2.07 bits per heavy atom. The molecular weight excluding hydrogens is 228 g/mol. The molecule has 1 unspecified atom stereocenters. The maximum Gasteiger partial charge on any atom is 0.108 e. The van der Waals surface area contributed by atoms with Gasteiger partial charge in [-0.05, 0) is 0 Å². The van der Waals surface area contributed by atoms with E-state index in [-0.39, 0.29) is 0 Å². The molecule has 0 fully saturated rings. The first-order chi connectivity index (χ1) is 7.45. The van der Waals surface area contributed by atoms with E-state index >= 15 is 0 Å². The van der Waals surface area contributed by atoms with E-state index in [1.165, 1.54) is 0 Å². The molecule has 3 rings (SSSR count). The lowest BCUT2D eigenvalue weighted by atomic mass is 10.6. The lowest BCUT2D eigenvalue weighted by Gasteiger charge is -2.17. The van der Waals surface area contributed by atoms with Gasteiger partial charge in [0.1, 0.15) is 8.80 Å². The second-order valence-corrected chi connectivity index (χ2v) is 15.9. The molecule has 0 nitrogen and oxygen atoms in total. The molecule has 0 amide bonds. The SMILES string of the molecule is C1=C[SiH](C2=CC=C[SiH]2[SiH]2C=CC=C2)C=C1. The molecule has 3 aliphatic rings. The standard InChI is InChI=1S/C12H14Si3/c1-2-8-13(7-1)12-6-5-11-15(12)14-9-3-4-10-14/h1-11,13-15H. The van der Waals surface area contributed by atoms with Gasteiger partial charge in [-0.2, -0.15) is 0 Å². The van der Waals surface area contributed by atoms with Gasteiger partial charge in [-0.1, -0.05) is 69.8 Å². The molecule has 0 saturated carbocycles. The van der Waals surface area contributed by atoms with E-state index < -0.39 is 25.4 Å². The second kappa shape index (κ2) is 3.92. The molecule has 3 heterocycles. The maximum atomic E-state index is 2.55. The summed E-state index contributed by atoms with van der Waals surface area (Å²) < 4.78 is 0. The topological polar surface area (TPSA) is 0 Å². The fourth-order valence-electron chi connectivity index (χ4n) is 2.53. The average Bonchev–Trinajstić information content (AvgIpc) is 3.01. The Morgan fingerprint density at radius 2 is 1.33 bits per heavy atom. The van der Waals surface area contributed by atoms with Crippen molar-refractivity contribution in [2.24, 2.45) is 0 Å². The van der Waals surface area contributed by atoms with Crippen molar-refractivity contribution in [3.05, 3.63) is 69.8 Å². The van der Waals surface area contributed by atoms with Crippen LogP contribution >= 0.6 is 0 Å². The van der Waals surface area contributed by atoms with E-state index in [0.717, 1.165) is 0 Å². The van der Waals surface area contributed by atoms with Gasteiger partial charge in [0.15, 0.2) is 0 Å². The molecule has 1 atom stereocenters. The van der Waals surface area contributed by atoms with Crippen LogP contribution in [0.4, 0.5) is 0 Å². The van der Waals surface area contributed by atoms with E-state index in [2.05, 4.69) is 65.0 Å². The summed E-state index contributed by atoms with van der Waals surface area (Å²) in [7, 11) is -2.14. The van der Waals surface area contributed by atoms with E-state index in [1.807, 2.05) is 4.82 Å². The van der Waals surface area contributed by atoms with Crippen molar-refractivity contribution in [2.75, 3.05) is 0 Å². The minimum absolute atomic E-state index is 0.658. The Bertz CT molecular complexity index is 414. The lowest BCUT2D eigenvalue weighted by Crippen LogP contribution is -2.36. The van der Waals surface area contributed by atoms with Crippen LogP contribution in [-0.2, 0) is 0 Å². The van der Waals surface area contributed by atoms with Gasteiger partial charge in [0.2, 0.25) is 0 Å². The van der Waals surface area contributed by atoms with Gasteiger partial charge in [-0.25, -0.2) is 0 Å². The predicted molar refractivity (Wildman–Crippen MR) is 75.2 cm³/mol. The van der Waals surface area contributed by atoms with Crippen LogP contribution in [0.3, 0.4) is 0 Å². The zero-order chi connectivity index (χ0) is 10.1. The van der Waals surface area contributed by atoms with Crippen molar-refractivity contribution in [3.63, 3.8) is 0 Å². The van der Waals surface area contributed by atoms with Crippen molar-refractivity contribution in [1.82, 2.24) is 0 Å². The molecule has 3 aliphatic heterocycles. The first-order valence-electron chi connectivity index (χ1n) is 5.53. The van der Waals surface area contributed by atoms with Crippen molar-refractivity contribution in [3.8, 4) is 0 Å². The summed E-state index contributed by atoms with van der Waals surface area (Å²) in [6, 6.07) is 0. The quantitative estimate of drug-likeness (QED) is 0.640. The molecule has 0 aromatic rings. The maximum absolute atomic E-state index is 2.55. The van der Waals surface area contributed by atoms with Crippen LogP contribution in [-0.4, -0.2) is 25.4 Å². The van der Waals surface area contributed by atoms with Gasteiger partial charge in [0.25, 0.3) is 0 Å². The third-order valence-corrected chi connectivity index (χ3v) is 18.4. The zero-order valence-corrected chi connectivity index (χ0v) is 12.0. The van der Waals surface area contributed by atoms with Gasteiger partial charge in [-0.3, -0.25) is 0 Å². The molecule has 0 N–H and O–H groups in total. The normalized spacial score (nSPS) is 28.5. The van der Waals surface area contributed by atoms with E-state index in [9.17, 15) is 0 Å². The monoisotopic (exact) mass is 242 g/mol. The third kappa shape index (κ3) is 1.67. The van der Waals surface area contributed by atoms with Gasteiger partial charge in [-0.15, -0.1) is 0 Å². The molecule has 0 radical (unpaired) electrons. The predicted octanol–water partition coefficient (Wildman–Crippen LogP) is 1.27. The van der Waals surface area contributed by atoms with Crippen molar-refractivity contribution >= 4 is 25.4 Å². The summed E-state index contributed by atoms with van der Waals surface area (Å²) in [6.45, 7) is 0. The molecule has 0 bridgehead atoms. The Hall–Kier alpha value is -0.909. The Morgan fingerprint density at radius 1 is 0.667 bits per heavy atom. The highest BCUT2D eigenvalue weighted by molar-refractivity contribution is 7.35. The second-order valence-electron chi connectivity index (χ2n) is 4.22. The highest BCUT2D eigenvalue weighted by atomic mass is 29.2. The van der Waals surface area contributed by atoms with Gasteiger partial charge in [0.05, 0.1) is 16.6 Å². The molecule has 0 aromatic carbocycles. The molecule has 74 valence electrons. The molecule has 15 heavy (non-hydrogen) atoms. The van der Waals surface area contributed by atoms with Gasteiger partial charge < -0.3 is 0 Å². The number of rotatable bonds is 2. The minimum atomic E-state index is -0.781. The van der Waals surface area contributed by atoms with Crippen LogP contribution in [0.1, 0.15) is 0 Å². The third-order valence-electron chi connectivity index (χ3n) is 3.32. The average molecular weight is 243 g/mol. The number of allylic oxidation sites excluding steroid dienone is 6. The molecule has 3 heteroatoms. The van der Waals surface area contributed by atoms with Crippen LogP contribution in [0.25, 0.3) is 0 Å². The summed E-state index contributed by atoms with van der Waals surface area (Å²) in [4.78, 5) is 1.87. The van der Waals surface area contributed by atoms with E-state index in [1.54, 1.807) is 0 Å². The zero-order valence-electron chi connectivity index (χ0n) is 8.58. The number of hydrogen-bond acceptors (Lipinski definition) is 0. The summed E-state index contributed by atoms with van der Waals surface area (Å²) in [6.07, 6.45) is 13.8. The van der Waals surface area contributed by atoms with E-state index in [0.29, 0.717) is 0 Å². The summed E-state index contributed by atoms with van der Waals surface area (Å²) in [5, 5.41) is 0. The first-order valence-corrected chi connectivity index (χ1v) is 12.7. The lowest BCUT2D eigenvalue weighted by molar-refractivity contribution is 2.05. The largest absolute Gasteiger partial charge is 0.108 e. The smallest absolute Gasteiger partial charge is 0.0955 e. The fourth-order valence-corrected chi connectivity index (χ4v) is 19.0. The van der Waals surface area contributed by atoms with Crippen LogP contribution < -0.4 is 0 Å². The summed E-state index contributed by atoms with van der Waals surface area (Å²) in [5.41, 5.74) is 12.5. The molecule has 0 aromatic heterocycles. The van der Waals surface area contributed by atoms with E-state index in [4.69, 9.17) is 0 Å². The van der Waals surface area contributed by atoms with Crippen LogP contribution in [0, 0.1) is 0 Å². The molecule has 0 saturated heterocycles. The number of hydrogen-bond donors (Lipinski definition) is 0. The van der Waals surface area contributed by atoms with Crippen LogP contribution in [0.15, 0.2) is 69.8 Å². The fraction of sp³-hybridized carbons (Fsp3) is 0. The van der Waals surface area contributed by atoms with Gasteiger partial charge >= 0.3 is 0 Å². The highest BCUT2D eigenvalue weighted by Gasteiger charge is 2.29. The van der Waals surface area contributed by atoms with Crippen molar-refractivity contribution < 1.29 is 0 Å². The van der Waals surface area contributed by atoms with Crippen molar-refractivity contribution in [2.45, 2.75) is 0 Å². The minimum Gasteiger partial charge on any atom is -0.0955 e. The molecule has 0 aliphatic carbocycles.